The molecule has 0 aliphatic heterocycles. The van der Waals surface area contributed by atoms with Crippen molar-refractivity contribution in [3.8, 4) is 0 Å². The van der Waals surface area contributed by atoms with Crippen LogP contribution in [0.4, 0.5) is 10.1 Å². The Morgan fingerprint density at radius 3 is 2.58 bits per heavy atom. The minimum absolute atomic E-state index is 0.0590. The van der Waals surface area contributed by atoms with E-state index in [1.54, 1.807) is 22.7 Å². The maximum atomic E-state index is 13.4. The fraction of sp³-hybridized carbons (Fsp3) is 0.190. The number of aryl methyl sites for hydroxylation is 2. The zero-order valence-electron chi connectivity index (χ0n) is 16.7. The summed E-state index contributed by atoms with van der Waals surface area (Å²) in [5.41, 5.74) is 4.45. The van der Waals surface area contributed by atoms with Gasteiger partial charge in [-0.15, -0.1) is 5.10 Å². The third kappa shape index (κ3) is 4.52. The molecule has 0 unspecified atom stereocenters. The highest BCUT2D eigenvalue weighted by atomic mass is 35.5. The molecule has 0 saturated carbocycles. The summed E-state index contributed by atoms with van der Waals surface area (Å²) in [5, 5.41) is 16.3. The SMILES string of the molecule is Cc1nc2nc(SCc3ccc([N+](=O)[O-])cc3)nn2c(C)c1Cc1ccc(F)cc1Cl. The van der Waals surface area contributed by atoms with Crippen LogP contribution < -0.4 is 0 Å². The lowest BCUT2D eigenvalue weighted by Gasteiger charge is -2.11. The summed E-state index contributed by atoms with van der Waals surface area (Å²) in [6.07, 6.45) is 0.505. The monoisotopic (exact) mass is 457 g/mol. The predicted molar refractivity (Wildman–Crippen MR) is 117 cm³/mol. The first-order valence-electron chi connectivity index (χ1n) is 9.34. The van der Waals surface area contributed by atoms with Crippen LogP contribution in [0.2, 0.25) is 5.02 Å². The Labute approximate surface area is 186 Å². The van der Waals surface area contributed by atoms with Crippen molar-refractivity contribution in [1.82, 2.24) is 19.6 Å². The molecule has 0 fully saturated rings. The lowest BCUT2D eigenvalue weighted by molar-refractivity contribution is -0.384. The quantitative estimate of drug-likeness (QED) is 0.221. The van der Waals surface area contributed by atoms with E-state index < -0.39 is 4.92 Å². The van der Waals surface area contributed by atoms with Gasteiger partial charge in [0, 0.05) is 40.7 Å². The first-order chi connectivity index (χ1) is 14.8. The van der Waals surface area contributed by atoms with E-state index in [2.05, 4.69) is 15.1 Å². The molecule has 4 aromatic rings. The average Bonchev–Trinajstić information content (AvgIpc) is 3.14. The molecule has 158 valence electrons. The van der Waals surface area contributed by atoms with Gasteiger partial charge in [-0.1, -0.05) is 41.6 Å². The molecule has 2 heterocycles. The molecule has 0 bridgehead atoms. The van der Waals surface area contributed by atoms with Crippen molar-refractivity contribution >= 4 is 34.8 Å². The molecule has 2 aromatic carbocycles. The number of nitro benzene ring substituents is 1. The number of rotatable bonds is 6. The van der Waals surface area contributed by atoms with Gasteiger partial charge in [-0.3, -0.25) is 10.1 Å². The van der Waals surface area contributed by atoms with Gasteiger partial charge in [-0.25, -0.2) is 13.9 Å². The van der Waals surface area contributed by atoms with E-state index in [-0.39, 0.29) is 11.5 Å². The highest BCUT2D eigenvalue weighted by molar-refractivity contribution is 7.98. The third-order valence-corrected chi connectivity index (χ3v) is 6.19. The Kier molecular flexibility index (Phi) is 5.88. The predicted octanol–water partition coefficient (Wildman–Crippen LogP) is 5.32. The molecular weight excluding hydrogens is 441 g/mol. The Morgan fingerprint density at radius 1 is 1.16 bits per heavy atom. The van der Waals surface area contributed by atoms with E-state index in [0.29, 0.717) is 28.1 Å². The third-order valence-electron chi connectivity index (χ3n) is 4.93. The molecule has 0 saturated heterocycles. The number of benzene rings is 2. The van der Waals surface area contributed by atoms with Gasteiger partial charge in [0.25, 0.3) is 11.5 Å². The molecule has 0 radical (unpaired) electrons. The summed E-state index contributed by atoms with van der Waals surface area (Å²) in [6, 6.07) is 10.8. The van der Waals surface area contributed by atoms with E-state index in [4.69, 9.17) is 11.6 Å². The number of halogens is 2. The van der Waals surface area contributed by atoms with Gasteiger partial charge in [0.05, 0.1) is 4.92 Å². The van der Waals surface area contributed by atoms with Crippen LogP contribution in [-0.2, 0) is 12.2 Å². The first kappa shape index (κ1) is 21.2. The van der Waals surface area contributed by atoms with Crippen molar-refractivity contribution in [1.29, 1.82) is 0 Å². The van der Waals surface area contributed by atoms with Gasteiger partial charge in [0.2, 0.25) is 5.16 Å². The van der Waals surface area contributed by atoms with Gasteiger partial charge in [-0.05, 0) is 42.7 Å². The number of hydrogen-bond donors (Lipinski definition) is 0. The van der Waals surface area contributed by atoms with Gasteiger partial charge < -0.3 is 0 Å². The van der Waals surface area contributed by atoms with E-state index >= 15 is 0 Å². The van der Waals surface area contributed by atoms with Crippen molar-refractivity contribution in [2.24, 2.45) is 0 Å². The van der Waals surface area contributed by atoms with Gasteiger partial charge in [-0.2, -0.15) is 4.98 Å². The number of aromatic nitrogens is 4. The van der Waals surface area contributed by atoms with E-state index in [1.807, 2.05) is 13.8 Å². The number of non-ortho nitro benzene ring substituents is 1. The minimum Gasteiger partial charge on any atom is -0.258 e. The lowest BCUT2D eigenvalue weighted by Crippen LogP contribution is -2.06. The zero-order valence-corrected chi connectivity index (χ0v) is 18.2. The minimum atomic E-state index is -0.423. The number of hydrogen-bond acceptors (Lipinski definition) is 6. The normalized spacial score (nSPS) is 11.2. The second-order valence-corrected chi connectivity index (χ2v) is 8.34. The summed E-state index contributed by atoms with van der Waals surface area (Å²) in [6.45, 7) is 3.84. The zero-order chi connectivity index (χ0) is 22.1. The lowest BCUT2D eigenvalue weighted by atomic mass is 10.0. The number of nitrogens with zero attached hydrogens (tertiary/aromatic N) is 5. The topological polar surface area (TPSA) is 86.2 Å². The Bertz CT molecular complexity index is 1290. The summed E-state index contributed by atoms with van der Waals surface area (Å²) in [7, 11) is 0. The molecule has 31 heavy (non-hydrogen) atoms. The second-order valence-electron chi connectivity index (χ2n) is 6.99. The maximum Gasteiger partial charge on any atom is 0.269 e. The Morgan fingerprint density at radius 2 is 1.90 bits per heavy atom. The molecule has 0 aliphatic carbocycles. The van der Waals surface area contributed by atoms with Crippen LogP contribution in [0.15, 0.2) is 47.6 Å². The van der Waals surface area contributed by atoms with E-state index in [9.17, 15) is 14.5 Å². The summed E-state index contributed by atoms with van der Waals surface area (Å²) < 4.78 is 15.0. The molecule has 2 aromatic heterocycles. The molecule has 0 spiro atoms. The second kappa shape index (κ2) is 8.60. The highest BCUT2D eigenvalue weighted by Crippen LogP contribution is 2.26. The summed E-state index contributed by atoms with van der Waals surface area (Å²) in [4.78, 5) is 19.4. The molecule has 4 rings (SSSR count). The van der Waals surface area contributed by atoms with Crippen LogP contribution in [0.5, 0.6) is 0 Å². The van der Waals surface area contributed by atoms with Crippen molar-refractivity contribution in [2.45, 2.75) is 31.2 Å². The van der Waals surface area contributed by atoms with Gasteiger partial charge in [0.1, 0.15) is 5.82 Å². The standard InChI is InChI=1S/C21H17ClFN5O2S/c1-12-18(9-15-5-6-16(23)10-19(15)22)13(2)27-20(24-12)25-21(26-27)31-11-14-3-7-17(8-4-14)28(29)30/h3-8,10H,9,11H2,1-2H3. The smallest absolute Gasteiger partial charge is 0.258 e. The van der Waals surface area contributed by atoms with Crippen LogP contribution in [-0.4, -0.2) is 24.5 Å². The van der Waals surface area contributed by atoms with Crippen LogP contribution in [0.1, 0.15) is 28.1 Å². The Balaban J connectivity index is 1.57. The molecule has 0 amide bonds. The van der Waals surface area contributed by atoms with Crippen molar-refractivity contribution in [3.63, 3.8) is 0 Å². The number of thioether (sulfide) groups is 1. The van der Waals surface area contributed by atoms with Crippen LogP contribution >= 0.6 is 23.4 Å². The van der Waals surface area contributed by atoms with E-state index in [1.165, 1.54) is 36.0 Å². The van der Waals surface area contributed by atoms with E-state index in [0.717, 1.165) is 28.1 Å². The highest BCUT2D eigenvalue weighted by Gasteiger charge is 2.16. The van der Waals surface area contributed by atoms with Crippen LogP contribution in [0.25, 0.3) is 5.78 Å². The molecule has 0 N–H and O–H groups in total. The number of nitro groups is 1. The molecular formula is C21H17ClFN5O2S. The average molecular weight is 458 g/mol. The van der Waals surface area contributed by atoms with Crippen molar-refractivity contribution in [2.75, 3.05) is 0 Å². The van der Waals surface area contributed by atoms with Crippen LogP contribution in [0.3, 0.4) is 0 Å². The van der Waals surface area contributed by atoms with Gasteiger partial charge >= 0.3 is 0 Å². The first-order valence-corrected chi connectivity index (χ1v) is 10.7. The summed E-state index contributed by atoms with van der Waals surface area (Å²) in [5.74, 6) is 0.696. The van der Waals surface area contributed by atoms with Crippen molar-refractivity contribution in [3.05, 3.63) is 91.5 Å². The maximum absolute atomic E-state index is 13.4. The fourth-order valence-corrected chi connectivity index (χ4v) is 4.23. The summed E-state index contributed by atoms with van der Waals surface area (Å²) >= 11 is 7.62. The molecule has 7 nitrogen and oxygen atoms in total. The number of fused-ring (bicyclic) bond motifs is 1. The Hall–Kier alpha value is -3.04. The van der Waals surface area contributed by atoms with Crippen molar-refractivity contribution < 1.29 is 9.31 Å². The van der Waals surface area contributed by atoms with Gasteiger partial charge in [0.15, 0.2) is 0 Å². The molecule has 0 aliphatic rings. The fourth-order valence-electron chi connectivity index (χ4n) is 3.22. The van der Waals surface area contributed by atoms with Crippen LogP contribution in [0, 0.1) is 29.8 Å². The molecule has 0 atom stereocenters. The largest absolute Gasteiger partial charge is 0.269 e. The molecule has 10 heteroatoms.